The van der Waals surface area contributed by atoms with Crippen LogP contribution in [-0.2, 0) is 14.9 Å². The first-order valence-corrected chi connectivity index (χ1v) is 7.24. The van der Waals surface area contributed by atoms with Crippen LogP contribution in [0.2, 0.25) is 0 Å². The molecule has 1 fully saturated rings. The molecule has 0 aromatic heterocycles. The highest BCUT2D eigenvalue weighted by Gasteiger charge is 2.38. The lowest BCUT2D eigenvalue weighted by molar-refractivity contribution is -0.119. The number of hydrogen-bond acceptors (Lipinski definition) is 3. The molecule has 20 heavy (non-hydrogen) atoms. The van der Waals surface area contributed by atoms with Crippen LogP contribution in [0, 0.1) is 0 Å². The second-order valence-corrected chi connectivity index (χ2v) is 6.27. The van der Waals surface area contributed by atoms with Crippen molar-refractivity contribution < 1.29 is 14.6 Å². The molecule has 2 N–H and O–H groups in total. The standard InChI is InChI=1S/C16H21NO3/c1-16(2)12-8-10(5-6-13(12)17-15(16)19)14(18)9-11-4-3-7-20-11/h5-6,8,11,14,18H,3-4,7,9H2,1-2H3,(H,17,19). The van der Waals surface area contributed by atoms with Crippen LogP contribution in [0.4, 0.5) is 5.69 Å². The van der Waals surface area contributed by atoms with Crippen molar-refractivity contribution in [2.45, 2.75) is 50.7 Å². The van der Waals surface area contributed by atoms with Crippen LogP contribution in [0.15, 0.2) is 18.2 Å². The second kappa shape index (κ2) is 4.86. The molecule has 3 rings (SSSR count). The maximum atomic E-state index is 11.9. The third-order valence-corrected chi connectivity index (χ3v) is 4.43. The Morgan fingerprint density at radius 2 is 2.30 bits per heavy atom. The summed E-state index contributed by atoms with van der Waals surface area (Å²) in [6.45, 7) is 4.61. The maximum Gasteiger partial charge on any atom is 0.234 e. The predicted molar refractivity (Wildman–Crippen MR) is 76.6 cm³/mol. The lowest BCUT2D eigenvalue weighted by atomic mass is 9.84. The summed E-state index contributed by atoms with van der Waals surface area (Å²) in [6, 6.07) is 5.73. The minimum atomic E-state index is -0.533. The van der Waals surface area contributed by atoms with Crippen molar-refractivity contribution in [3.63, 3.8) is 0 Å². The highest BCUT2D eigenvalue weighted by atomic mass is 16.5. The first kappa shape index (κ1) is 13.6. The van der Waals surface area contributed by atoms with Gasteiger partial charge in [-0.15, -0.1) is 0 Å². The van der Waals surface area contributed by atoms with E-state index < -0.39 is 11.5 Å². The summed E-state index contributed by atoms with van der Waals surface area (Å²) in [5.74, 6) is 0.0123. The number of anilines is 1. The molecule has 1 aromatic carbocycles. The van der Waals surface area contributed by atoms with Crippen molar-refractivity contribution >= 4 is 11.6 Å². The summed E-state index contributed by atoms with van der Waals surface area (Å²) in [7, 11) is 0. The SMILES string of the molecule is CC1(C)C(=O)Nc2ccc(C(O)CC3CCCO3)cc21. The summed E-state index contributed by atoms with van der Waals surface area (Å²) in [5, 5.41) is 13.2. The van der Waals surface area contributed by atoms with Gasteiger partial charge < -0.3 is 15.2 Å². The zero-order valence-electron chi connectivity index (χ0n) is 12.0. The van der Waals surface area contributed by atoms with Crippen LogP contribution < -0.4 is 5.32 Å². The van der Waals surface area contributed by atoms with E-state index in [9.17, 15) is 9.90 Å². The monoisotopic (exact) mass is 275 g/mol. The quantitative estimate of drug-likeness (QED) is 0.891. The van der Waals surface area contributed by atoms with E-state index in [0.717, 1.165) is 36.3 Å². The van der Waals surface area contributed by atoms with Crippen molar-refractivity contribution in [1.29, 1.82) is 0 Å². The third kappa shape index (κ3) is 2.23. The van der Waals surface area contributed by atoms with Crippen molar-refractivity contribution in [2.75, 3.05) is 11.9 Å². The van der Waals surface area contributed by atoms with E-state index in [2.05, 4.69) is 5.32 Å². The molecule has 2 heterocycles. The van der Waals surface area contributed by atoms with Gasteiger partial charge in [0.1, 0.15) is 0 Å². The molecule has 2 aliphatic heterocycles. The zero-order valence-corrected chi connectivity index (χ0v) is 12.0. The maximum absolute atomic E-state index is 11.9. The van der Waals surface area contributed by atoms with Crippen molar-refractivity contribution in [3.8, 4) is 0 Å². The molecule has 0 aliphatic carbocycles. The van der Waals surface area contributed by atoms with Gasteiger partial charge in [0.25, 0.3) is 0 Å². The van der Waals surface area contributed by atoms with Gasteiger partial charge in [0.05, 0.1) is 17.6 Å². The Balaban J connectivity index is 1.82. The number of amides is 1. The lowest BCUT2D eigenvalue weighted by Gasteiger charge is -2.19. The smallest absolute Gasteiger partial charge is 0.234 e. The normalized spacial score (nSPS) is 25.4. The minimum Gasteiger partial charge on any atom is -0.388 e. The molecular formula is C16H21NO3. The number of benzene rings is 1. The highest BCUT2D eigenvalue weighted by Crippen LogP contribution is 2.39. The Kier molecular flexibility index (Phi) is 3.30. The summed E-state index contributed by atoms with van der Waals surface area (Å²) in [6.07, 6.45) is 2.35. The number of nitrogens with one attached hydrogen (secondary N) is 1. The molecule has 2 aliphatic rings. The lowest BCUT2D eigenvalue weighted by Crippen LogP contribution is -2.27. The van der Waals surface area contributed by atoms with Crippen molar-refractivity contribution in [2.24, 2.45) is 0 Å². The summed E-state index contributed by atoms with van der Waals surface area (Å²) < 4.78 is 5.57. The summed E-state index contributed by atoms with van der Waals surface area (Å²) in [5.41, 5.74) is 2.15. The fourth-order valence-corrected chi connectivity index (χ4v) is 3.01. The average molecular weight is 275 g/mol. The number of aliphatic hydroxyl groups is 1. The molecule has 0 bridgehead atoms. The third-order valence-electron chi connectivity index (χ3n) is 4.43. The molecule has 0 saturated carbocycles. The van der Waals surface area contributed by atoms with E-state index >= 15 is 0 Å². The number of aliphatic hydroxyl groups excluding tert-OH is 1. The molecule has 4 heteroatoms. The number of carbonyl (C=O) groups excluding carboxylic acids is 1. The first-order valence-electron chi connectivity index (χ1n) is 7.24. The van der Waals surface area contributed by atoms with E-state index in [1.54, 1.807) is 0 Å². The van der Waals surface area contributed by atoms with Crippen LogP contribution in [0.5, 0.6) is 0 Å². The van der Waals surface area contributed by atoms with Gasteiger partial charge in [-0.25, -0.2) is 0 Å². The van der Waals surface area contributed by atoms with E-state index in [0.29, 0.717) is 6.42 Å². The fraction of sp³-hybridized carbons (Fsp3) is 0.562. The fourth-order valence-electron chi connectivity index (χ4n) is 3.01. The van der Waals surface area contributed by atoms with Crippen molar-refractivity contribution in [1.82, 2.24) is 0 Å². The van der Waals surface area contributed by atoms with Gasteiger partial charge in [0, 0.05) is 18.7 Å². The molecule has 1 aromatic rings. The van der Waals surface area contributed by atoms with E-state index in [1.807, 2.05) is 32.0 Å². The molecule has 4 nitrogen and oxygen atoms in total. The topological polar surface area (TPSA) is 58.6 Å². The van der Waals surface area contributed by atoms with Gasteiger partial charge in [-0.1, -0.05) is 12.1 Å². The summed E-state index contributed by atoms with van der Waals surface area (Å²) >= 11 is 0. The highest BCUT2D eigenvalue weighted by molar-refractivity contribution is 6.05. The van der Waals surface area contributed by atoms with E-state index in [-0.39, 0.29) is 12.0 Å². The minimum absolute atomic E-state index is 0.0123. The Morgan fingerprint density at radius 3 is 3.00 bits per heavy atom. The second-order valence-electron chi connectivity index (χ2n) is 6.27. The molecule has 2 atom stereocenters. The first-order chi connectivity index (χ1) is 9.48. The van der Waals surface area contributed by atoms with Crippen LogP contribution in [0.25, 0.3) is 0 Å². The number of ether oxygens (including phenoxy) is 1. The number of hydrogen-bond donors (Lipinski definition) is 2. The van der Waals surface area contributed by atoms with Crippen LogP contribution in [0.3, 0.4) is 0 Å². The van der Waals surface area contributed by atoms with Gasteiger partial charge in [0.15, 0.2) is 0 Å². The Hall–Kier alpha value is -1.39. The Labute approximate surface area is 119 Å². The van der Waals surface area contributed by atoms with Crippen LogP contribution >= 0.6 is 0 Å². The molecule has 1 saturated heterocycles. The summed E-state index contributed by atoms with van der Waals surface area (Å²) in [4.78, 5) is 11.9. The van der Waals surface area contributed by atoms with Gasteiger partial charge in [-0.05, 0) is 43.9 Å². The zero-order chi connectivity index (χ0) is 14.3. The number of rotatable bonds is 3. The Morgan fingerprint density at radius 1 is 1.50 bits per heavy atom. The molecule has 1 amide bonds. The van der Waals surface area contributed by atoms with E-state index in [1.165, 1.54) is 0 Å². The Bertz CT molecular complexity index is 533. The van der Waals surface area contributed by atoms with Gasteiger partial charge in [-0.2, -0.15) is 0 Å². The van der Waals surface area contributed by atoms with Gasteiger partial charge in [0.2, 0.25) is 5.91 Å². The molecule has 2 unspecified atom stereocenters. The largest absolute Gasteiger partial charge is 0.388 e. The molecular weight excluding hydrogens is 254 g/mol. The predicted octanol–water partition coefficient (Wildman–Crippen LogP) is 2.52. The molecule has 0 radical (unpaired) electrons. The molecule has 108 valence electrons. The van der Waals surface area contributed by atoms with Gasteiger partial charge >= 0.3 is 0 Å². The average Bonchev–Trinajstić information content (AvgIpc) is 2.98. The van der Waals surface area contributed by atoms with Gasteiger partial charge in [-0.3, -0.25) is 4.79 Å². The number of carbonyl (C=O) groups is 1. The van der Waals surface area contributed by atoms with Crippen LogP contribution in [0.1, 0.15) is 50.3 Å². The van der Waals surface area contributed by atoms with Crippen LogP contribution in [-0.4, -0.2) is 23.7 Å². The van der Waals surface area contributed by atoms with E-state index in [4.69, 9.17) is 4.74 Å². The van der Waals surface area contributed by atoms with Crippen molar-refractivity contribution in [3.05, 3.63) is 29.3 Å². The molecule has 0 spiro atoms. The number of fused-ring (bicyclic) bond motifs is 1.